The molecule has 0 bridgehead atoms. The van der Waals surface area contributed by atoms with Gasteiger partial charge in [-0.3, -0.25) is 9.79 Å². The maximum Gasteiger partial charge on any atom is 0.175 e. The molecule has 0 spiro atoms. The normalized spacial score (nSPS) is 17.0. The molecule has 2 rings (SSSR count). The third-order valence-corrected chi connectivity index (χ3v) is 6.07. The lowest BCUT2D eigenvalue weighted by molar-refractivity contribution is -0.113. The molecular weight excluding hydrogens is 372 g/mol. The standard InChI is InChI=1S/C25H38N4O/c1-6-27-15-17-29(24-13-12-18(2)19(3)20(24)4)16-9-14-28-23-11-8-7-10-22(23)25(26)21(5)30/h6,12-13,27H,1,7-11,14-17,26H2,2-5H3/b25-22-,28-23?. The lowest BCUT2D eigenvalue weighted by Crippen LogP contribution is -2.32. The molecule has 0 amide bonds. The molecule has 5 nitrogen and oxygen atoms in total. The van der Waals surface area contributed by atoms with Crippen molar-refractivity contribution in [1.29, 1.82) is 0 Å². The summed E-state index contributed by atoms with van der Waals surface area (Å²) in [6, 6.07) is 4.43. The van der Waals surface area contributed by atoms with E-state index in [1.54, 1.807) is 6.20 Å². The number of hydrogen-bond donors (Lipinski definition) is 2. The molecule has 0 aromatic heterocycles. The molecule has 1 saturated carbocycles. The van der Waals surface area contributed by atoms with Gasteiger partial charge < -0.3 is 16.0 Å². The molecule has 30 heavy (non-hydrogen) atoms. The average molecular weight is 411 g/mol. The molecule has 0 unspecified atom stereocenters. The molecule has 5 heteroatoms. The second-order valence-electron chi connectivity index (χ2n) is 8.13. The first-order valence-electron chi connectivity index (χ1n) is 11.1. The molecular formula is C25H38N4O. The summed E-state index contributed by atoms with van der Waals surface area (Å²) in [6.07, 6.45) is 6.69. The predicted molar refractivity (Wildman–Crippen MR) is 128 cm³/mol. The van der Waals surface area contributed by atoms with Crippen LogP contribution in [0.15, 0.2) is 41.2 Å². The summed E-state index contributed by atoms with van der Waals surface area (Å²) in [6.45, 7) is 15.3. The van der Waals surface area contributed by atoms with Crippen molar-refractivity contribution in [2.75, 3.05) is 31.1 Å². The number of carbonyl (C=O) groups excluding carboxylic acids is 1. The number of ketones is 1. The molecule has 1 aliphatic carbocycles. The van der Waals surface area contributed by atoms with Gasteiger partial charge in [0.25, 0.3) is 0 Å². The number of aryl methyl sites for hydroxylation is 1. The summed E-state index contributed by atoms with van der Waals surface area (Å²) in [7, 11) is 0. The molecule has 1 aromatic carbocycles. The van der Waals surface area contributed by atoms with Crippen molar-refractivity contribution in [3.05, 3.63) is 52.9 Å². The maximum atomic E-state index is 11.7. The Balaban J connectivity index is 2.09. The lowest BCUT2D eigenvalue weighted by Gasteiger charge is -2.28. The first kappa shape index (κ1) is 23.7. The van der Waals surface area contributed by atoms with Gasteiger partial charge in [0.15, 0.2) is 5.78 Å². The number of aliphatic imine (C=N–C) groups is 1. The smallest absolute Gasteiger partial charge is 0.175 e. The molecule has 1 aromatic rings. The molecule has 0 radical (unpaired) electrons. The van der Waals surface area contributed by atoms with Crippen molar-refractivity contribution in [2.24, 2.45) is 10.7 Å². The Morgan fingerprint density at radius 1 is 1.20 bits per heavy atom. The number of hydrogen-bond acceptors (Lipinski definition) is 5. The van der Waals surface area contributed by atoms with Gasteiger partial charge in [-0.15, -0.1) is 0 Å². The number of anilines is 1. The van der Waals surface area contributed by atoms with E-state index in [-0.39, 0.29) is 5.78 Å². The molecule has 0 saturated heterocycles. The summed E-state index contributed by atoms with van der Waals surface area (Å²) in [4.78, 5) is 19.0. The number of nitrogens with zero attached hydrogens (tertiary/aromatic N) is 2. The third-order valence-electron chi connectivity index (χ3n) is 6.07. The van der Waals surface area contributed by atoms with E-state index in [9.17, 15) is 4.79 Å². The second-order valence-corrected chi connectivity index (χ2v) is 8.13. The SMILES string of the molecule is C=CNCCN(CCCN=C1CCCC/C1=C(/N)C(C)=O)c1ccc(C)c(C)c1C. The Kier molecular flexibility index (Phi) is 9.15. The minimum atomic E-state index is -0.0503. The van der Waals surface area contributed by atoms with E-state index in [0.29, 0.717) is 5.70 Å². The number of carbonyl (C=O) groups is 1. The Labute approximate surface area is 182 Å². The number of allylic oxidation sites excluding steroid dienone is 2. The van der Waals surface area contributed by atoms with Gasteiger partial charge in [0.1, 0.15) is 0 Å². The quantitative estimate of drug-likeness (QED) is 0.444. The number of rotatable bonds is 10. The van der Waals surface area contributed by atoms with Crippen LogP contribution in [0.25, 0.3) is 0 Å². The fourth-order valence-electron chi connectivity index (χ4n) is 3.98. The van der Waals surface area contributed by atoms with Crippen molar-refractivity contribution in [3.8, 4) is 0 Å². The molecule has 164 valence electrons. The van der Waals surface area contributed by atoms with Crippen LogP contribution < -0.4 is 16.0 Å². The van der Waals surface area contributed by atoms with Gasteiger partial charge in [-0.25, -0.2) is 0 Å². The number of nitrogens with two attached hydrogens (primary N) is 1. The highest BCUT2D eigenvalue weighted by Gasteiger charge is 2.18. The monoisotopic (exact) mass is 410 g/mol. The van der Waals surface area contributed by atoms with E-state index >= 15 is 0 Å². The van der Waals surface area contributed by atoms with Crippen LogP contribution in [0.1, 0.15) is 55.7 Å². The molecule has 1 fully saturated rings. The first-order chi connectivity index (χ1) is 14.4. The second kappa shape index (κ2) is 11.6. The molecule has 3 N–H and O–H groups in total. The molecule has 0 aliphatic heterocycles. The van der Waals surface area contributed by atoms with Gasteiger partial charge >= 0.3 is 0 Å². The van der Waals surface area contributed by atoms with Gasteiger partial charge in [0.05, 0.1) is 5.70 Å². The minimum Gasteiger partial charge on any atom is -0.396 e. The van der Waals surface area contributed by atoms with Crippen LogP contribution in [-0.4, -0.2) is 37.7 Å². The Morgan fingerprint density at radius 3 is 2.63 bits per heavy atom. The molecule has 1 aliphatic rings. The summed E-state index contributed by atoms with van der Waals surface area (Å²) >= 11 is 0. The molecule has 0 atom stereocenters. The van der Waals surface area contributed by atoms with E-state index in [1.165, 1.54) is 29.3 Å². The molecule has 0 heterocycles. The summed E-state index contributed by atoms with van der Waals surface area (Å²) in [5.41, 5.74) is 13.8. The van der Waals surface area contributed by atoms with Crippen molar-refractivity contribution in [2.45, 2.75) is 59.8 Å². The average Bonchev–Trinajstić information content (AvgIpc) is 2.74. The highest BCUT2D eigenvalue weighted by Crippen LogP contribution is 2.26. The van der Waals surface area contributed by atoms with Crippen LogP contribution in [0, 0.1) is 20.8 Å². The van der Waals surface area contributed by atoms with Gasteiger partial charge in [0, 0.05) is 44.5 Å². The number of nitrogens with one attached hydrogen (secondary N) is 1. The fourth-order valence-corrected chi connectivity index (χ4v) is 3.98. The zero-order chi connectivity index (χ0) is 22.1. The van der Waals surface area contributed by atoms with Crippen molar-refractivity contribution < 1.29 is 4.79 Å². The van der Waals surface area contributed by atoms with Crippen molar-refractivity contribution in [3.63, 3.8) is 0 Å². The van der Waals surface area contributed by atoms with Gasteiger partial charge in [0.2, 0.25) is 0 Å². The van der Waals surface area contributed by atoms with Crippen molar-refractivity contribution >= 4 is 17.2 Å². The largest absolute Gasteiger partial charge is 0.396 e. The summed E-state index contributed by atoms with van der Waals surface area (Å²) in [5.74, 6) is -0.0503. The van der Waals surface area contributed by atoms with E-state index in [0.717, 1.165) is 69.6 Å². The highest BCUT2D eigenvalue weighted by atomic mass is 16.1. The van der Waals surface area contributed by atoms with Crippen LogP contribution in [0.3, 0.4) is 0 Å². The highest BCUT2D eigenvalue weighted by molar-refractivity contribution is 6.08. The zero-order valence-corrected chi connectivity index (χ0v) is 19.2. The van der Waals surface area contributed by atoms with Crippen LogP contribution in [0.4, 0.5) is 5.69 Å². The van der Waals surface area contributed by atoms with Crippen LogP contribution in [0.2, 0.25) is 0 Å². The topological polar surface area (TPSA) is 70.7 Å². The third kappa shape index (κ3) is 6.22. The van der Waals surface area contributed by atoms with E-state index in [1.807, 2.05) is 0 Å². The lowest BCUT2D eigenvalue weighted by atomic mass is 9.90. The Morgan fingerprint density at radius 2 is 1.93 bits per heavy atom. The van der Waals surface area contributed by atoms with E-state index in [4.69, 9.17) is 10.7 Å². The van der Waals surface area contributed by atoms with Crippen molar-refractivity contribution in [1.82, 2.24) is 5.32 Å². The Hall–Kier alpha value is -2.56. The van der Waals surface area contributed by atoms with Crippen LogP contribution >= 0.6 is 0 Å². The van der Waals surface area contributed by atoms with E-state index in [2.05, 4.69) is 49.7 Å². The van der Waals surface area contributed by atoms with Gasteiger partial charge in [-0.05, 0) is 87.4 Å². The summed E-state index contributed by atoms with van der Waals surface area (Å²) < 4.78 is 0. The van der Waals surface area contributed by atoms with Crippen LogP contribution in [-0.2, 0) is 4.79 Å². The number of benzene rings is 1. The zero-order valence-electron chi connectivity index (χ0n) is 19.2. The van der Waals surface area contributed by atoms with Crippen LogP contribution in [0.5, 0.6) is 0 Å². The van der Waals surface area contributed by atoms with Gasteiger partial charge in [-0.1, -0.05) is 12.6 Å². The van der Waals surface area contributed by atoms with Gasteiger partial charge in [-0.2, -0.15) is 0 Å². The summed E-state index contributed by atoms with van der Waals surface area (Å²) in [5, 5.41) is 3.21. The number of Topliss-reactive ketones (excluding diaryl/α,β-unsaturated/α-hetero) is 1. The maximum absolute atomic E-state index is 11.7. The predicted octanol–water partition coefficient (Wildman–Crippen LogP) is 4.36. The fraction of sp³-hybridized carbons (Fsp3) is 0.520. The van der Waals surface area contributed by atoms with E-state index < -0.39 is 0 Å². The first-order valence-corrected chi connectivity index (χ1v) is 11.1. The Bertz CT molecular complexity index is 823. The minimum absolute atomic E-state index is 0.0503.